The van der Waals surface area contributed by atoms with Crippen LogP contribution in [-0.4, -0.2) is 17.7 Å². The second-order valence-corrected chi connectivity index (χ2v) is 7.77. The Morgan fingerprint density at radius 3 is 2.48 bits per heavy atom. The van der Waals surface area contributed by atoms with E-state index < -0.39 is 5.97 Å². The van der Waals surface area contributed by atoms with Crippen LogP contribution in [0.5, 0.6) is 11.5 Å². The van der Waals surface area contributed by atoms with E-state index in [-0.39, 0.29) is 5.56 Å². The number of nitrogens with one attached hydrogen (secondary N) is 1. The molecular weight excluding hydrogens is 437 g/mol. The molecule has 7 heteroatoms. The highest BCUT2D eigenvalue weighted by atomic mass is 35.5. The third-order valence-corrected chi connectivity index (χ3v) is 5.25. The van der Waals surface area contributed by atoms with E-state index in [0.29, 0.717) is 41.3 Å². The van der Waals surface area contributed by atoms with Gasteiger partial charge < -0.3 is 19.9 Å². The van der Waals surface area contributed by atoms with E-state index >= 15 is 0 Å². The molecule has 162 valence electrons. The highest BCUT2D eigenvalue weighted by Crippen LogP contribution is 2.31. The average molecular weight is 460 g/mol. The fourth-order valence-corrected chi connectivity index (χ4v) is 3.50. The summed E-state index contributed by atoms with van der Waals surface area (Å²) in [4.78, 5) is 11.1. The van der Waals surface area contributed by atoms with Crippen molar-refractivity contribution in [2.75, 3.05) is 11.9 Å². The summed E-state index contributed by atoms with van der Waals surface area (Å²) in [5, 5.41) is 13.6. The topological polar surface area (TPSA) is 67.8 Å². The van der Waals surface area contributed by atoms with Crippen LogP contribution >= 0.6 is 23.2 Å². The van der Waals surface area contributed by atoms with Gasteiger partial charge in [0.25, 0.3) is 0 Å². The fourth-order valence-electron chi connectivity index (χ4n) is 3.04. The van der Waals surface area contributed by atoms with Crippen molar-refractivity contribution in [1.82, 2.24) is 0 Å². The molecule has 0 saturated carbocycles. The smallest absolute Gasteiger partial charge is 0.335 e. The number of anilines is 1. The molecule has 2 N–H and O–H groups in total. The Morgan fingerprint density at radius 1 is 1.00 bits per heavy atom. The van der Waals surface area contributed by atoms with Crippen LogP contribution in [0.1, 0.15) is 34.0 Å². The number of hydrogen-bond acceptors (Lipinski definition) is 4. The number of hydrogen-bond donors (Lipinski definition) is 2. The molecule has 5 nitrogen and oxygen atoms in total. The Kier molecular flexibility index (Phi) is 7.66. The van der Waals surface area contributed by atoms with Crippen LogP contribution in [0, 0.1) is 6.92 Å². The molecule has 0 saturated heterocycles. The molecule has 0 aliphatic heterocycles. The zero-order chi connectivity index (χ0) is 22.4. The number of carboxylic acid groups (broad SMARTS) is 1. The number of halogens is 2. The van der Waals surface area contributed by atoms with Gasteiger partial charge in [0.2, 0.25) is 0 Å². The molecule has 0 fully saturated rings. The summed E-state index contributed by atoms with van der Waals surface area (Å²) in [6.45, 7) is 5.14. The lowest BCUT2D eigenvalue weighted by molar-refractivity contribution is 0.0697. The number of ether oxygens (including phenoxy) is 2. The van der Waals surface area contributed by atoms with Crippen LogP contribution in [0.3, 0.4) is 0 Å². The molecule has 0 bridgehead atoms. The normalized spacial score (nSPS) is 10.6. The fraction of sp³-hybridized carbons (Fsp3) is 0.208. The summed E-state index contributed by atoms with van der Waals surface area (Å²) in [6, 6.07) is 16.0. The molecule has 31 heavy (non-hydrogen) atoms. The van der Waals surface area contributed by atoms with Gasteiger partial charge >= 0.3 is 5.97 Å². The minimum Gasteiger partial charge on any atom is -0.490 e. The first-order valence-corrected chi connectivity index (χ1v) is 10.5. The van der Waals surface area contributed by atoms with E-state index in [1.807, 2.05) is 38.1 Å². The van der Waals surface area contributed by atoms with E-state index in [4.69, 9.17) is 37.8 Å². The highest BCUT2D eigenvalue weighted by Gasteiger charge is 2.10. The number of carboxylic acids is 1. The molecule has 3 aromatic rings. The summed E-state index contributed by atoms with van der Waals surface area (Å²) in [6.07, 6.45) is 0. The van der Waals surface area contributed by atoms with Gasteiger partial charge in [-0.1, -0.05) is 35.3 Å². The van der Waals surface area contributed by atoms with E-state index in [1.54, 1.807) is 30.3 Å². The van der Waals surface area contributed by atoms with E-state index in [0.717, 1.165) is 22.4 Å². The highest BCUT2D eigenvalue weighted by molar-refractivity contribution is 6.35. The van der Waals surface area contributed by atoms with Crippen molar-refractivity contribution in [1.29, 1.82) is 0 Å². The minimum atomic E-state index is -0.938. The van der Waals surface area contributed by atoms with Gasteiger partial charge in [-0.15, -0.1) is 0 Å². The van der Waals surface area contributed by atoms with Gasteiger partial charge in [0.05, 0.1) is 12.2 Å². The molecule has 0 aliphatic rings. The van der Waals surface area contributed by atoms with Crippen molar-refractivity contribution in [3.8, 4) is 11.5 Å². The first-order valence-electron chi connectivity index (χ1n) is 9.77. The summed E-state index contributed by atoms with van der Waals surface area (Å²) in [7, 11) is 0. The quantitative estimate of drug-likeness (QED) is 0.377. The van der Waals surface area contributed by atoms with Gasteiger partial charge in [-0.3, -0.25) is 0 Å². The van der Waals surface area contributed by atoms with Gasteiger partial charge in [-0.05, 0) is 67.4 Å². The predicted molar refractivity (Wildman–Crippen MR) is 124 cm³/mol. The van der Waals surface area contributed by atoms with Gasteiger partial charge in [-0.25, -0.2) is 4.79 Å². The van der Waals surface area contributed by atoms with Gasteiger partial charge in [-0.2, -0.15) is 0 Å². The average Bonchev–Trinajstić information content (AvgIpc) is 2.73. The number of carbonyl (C=O) groups is 1. The minimum absolute atomic E-state index is 0.268. The van der Waals surface area contributed by atoms with Crippen LogP contribution in [0.2, 0.25) is 10.0 Å². The molecule has 0 radical (unpaired) electrons. The van der Waals surface area contributed by atoms with Crippen molar-refractivity contribution in [2.45, 2.75) is 27.0 Å². The van der Waals surface area contributed by atoms with Gasteiger partial charge in [0.1, 0.15) is 6.61 Å². The maximum atomic E-state index is 11.1. The summed E-state index contributed by atoms with van der Waals surface area (Å²) in [5.41, 5.74) is 3.84. The summed E-state index contributed by atoms with van der Waals surface area (Å²) in [5.74, 6) is 0.329. The van der Waals surface area contributed by atoms with E-state index in [9.17, 15) is 4.79 Å². The van der Waals surface area contributed by atoms with Crippen molar-refractivity contribution >= 4 is 34.9 Å². The number of aryl methyl sites for hydroxylation is 1. The van der Waals surface area contributed by atoms with E-state index in [1.165, 1.54) is 0 Å². The molecule has 0 amide bonds. The Hall–Kier alpha value is -2.89. The largest absolute Gasteiger partial charge is 0.490 e. The van der Waals surface area contributed by atoms with Crippen molar-refractivity contribution in [3.63, 3.8) is 0 Å². The molecule has 0 aromatic heterocycles. The van der Waals surface area contributed by atoms with Gasteiger partial charge in [0, 0.05) is 27.8 Å². The molecule has 3 rings (SSSR count). The Morgan fingerprint density at radius 2 is 1.81 bits per heavy atom. The van der Waals surface area contributed by atoms with Crippen LogP contribution < -0.4 is 14.8 Å². The molecule has 0 atom stereocenters. The number of benzene rings is 3. The lowest BCUT2D eigenvalue weighted by atomic mass is 10.1. The zero-order valence-corrected chi connectivity index (χ0v) is 18.8. The van der Waals surface area contributed by atoms with Crippen molar-refractivity contribution < 1.29 is 19.4 Å². The monoisotopic (exact) mass is 459 g/mol. The Balaban J connectivity index is 1.70. The zero-order valence-electron chi connectivity index (χ0n) is 17.2. The maximum absolute atomic E-state index is 11.1. The van der Waals surface area contributed by atoms with Crippen LogP contribution in [0.4, 0.5) is 5.69 Å². The molecule has 3 aromatic carbocycles. The van der Waals surface area contributed by atoms with Crippen LogP contribution in [0.15, 0.2) is 54.6 Å². The van der Waals surface area contributed by atoms with E-state index in [2.05, 4.69) is 5.32 Å². The maximum Gasteiger partial charge on any atom is 0.335 e. The second kappa shape index (κ2) is 10.4. The van der Waals surface area contributed by atoms with Crippen molar-refractivity contribution in [2.24, 2.45) is 0 Å². The second-order valence-electron chi connectivity index (χ2n) is 6.93. The standard InChI is InChI=1S/C24H23Cl2NO4/c1-3-30-23-11-16(13-27-21-8-6-17(24(28)29)10-15(21)2)4-9-22(23)31-14-18-5-7-19(25)12-20(18)26/h4-12,27H,3,13-14H2,1-2H3,(H,28,29). The Labute approximate surface area is 191 Å². The lowest BCUT2D eigenvalue weighted by Crippen LogP contribution is -2.05. The third-order valence-electron chi connectivity index (χ3n) is 4.66. The number of aromatic carboxylic acids is 1. The Bertz CT molecular complexity index is 1090. The molecular formula is C24H23Cl2NO4. The first-order chi connectivity index (χ1) is 14.9. The molecule has 0 heterocycles. The van der Waals surface area contributed by atoms with Crippen molar-refractivity contribution in [3.05, 3.63) is 86.9 Å². The molecule has 0 aliphatic carbocycles. The van der Waals surface area contributed by atoms with Gasteiger partial charge in [0.15, 0.2) is 11.5 Å². The predicted octanol–water partition coefficient (Wildman–Crippen LogP) is 6.59. The SMILES string of the molecule is CCOc1cc(CNc2ccc(C(=O)O)cc2C)ccc1OCc1ccc(Cl)cc1Cl. The summed E-state index contributed by atoms with van der Waals surface area (Å²) >= 11 is 12.2. The van der Waals surface area contributed by atoms with Crippen LogP contribution in [0.25, 0.3) is 0 Å². The lowest BCUT2D eigenvalue weighted by Gasteiger charge is -2.15. The summed E-state index contributed by atoms with van der Waals surface area (Å²) < 4.78 is 11.7. The third kappa shape index (κ3) is 6.06. The molecule has 0 unspecified atom stereocenters. The number of rotatable bonds is 9. The van der Waals surface area contributed by atoms with Crippen LogP contribution in [-0.2, 0) is 13.2 Å². The molecule has 0 spiro atoms. The first kappa shape index (κ1) is 22.8.